The van der Waals surface area contributed by atoms with Crippen molar-refractivity contribution in [2.45, 2.75) is 50.6 Å². The van der Waals surface area contributed by atoms with Crippen molar-refractivity contribution in [3.8, 4) is 11.4 Å². The first-order valence-electron chi connectivity index (χ1n) is 11.1. The average molecular weight is 428 g/mol. The van der Waals surface area contributed by atoms with Crippen molar-refractivity contribution in [2.75, 3.05) is 32.8 Å². The normalized spacial score (nSPS) is 28.0. The fourth-order valence-corrected chi connectivity index (χ4v) is 4.81. The van der Waals surface area contributed by atoms with Crippen molar-refractivity contribution in [3.05, 3.63) is 29.8 Å². The number of benzene rings is 1. The lowest BCUT2D eigenvalue weighted by atomic mass is 10.1. The highest BCUT2D eigenvalue weighted by molar-refractivity contribution is 5.74. The van der Waals surface area contributed by atoms with E-state index in [1.807, 2.05) is 17.7 Å². The number of urea groups is 1. The summed E-state index contributed by atoms with van der Waals surface area (Å²) >= 11 is 0. The van der Waals surface area contributed by atoms with Crippen molar-refractivity contribution in [3.63, 3.8) is 0 Å². The van der Waals surface area contributed by atoms with E-state index in [1.165, 1.54) is 18.4 Å². The highest BCUT2D eigenvalue weighted by Crippen LogP contribution is 2.35. The molecule has 2 aromatic rings. The number of carbonyl (C=O) groups excluding carboxylic acids is 1. The molecule has 31 heavy (non-hydrogen) atoms. The lowest BCUT2D eigenvalue weighted by molar-refractivity contribution is 0.0624. The second-order valence-electron chi connectivity index (χ2n) is 8.40. The largest absolute Gasteiger partial charge is 0.371 e. The van der Waals surface area contributed by atoms with Crippen LogP contribution >= 0.6 is 0 Å². The molecule has 4 atom stereocenters. The smallest absolute Gasteiger partial charge is 0.315 e. The summed E-state index contributed by atoms with van der Waals surface area (Å²) in [7, 11) is 0. The zero-order chi connectivity index (χ0) is 21.2. The minimum absolute atomic E-state index is 0.140. The molecule has 0 aliphatic carbocycles. The maximum atomic E-state index is 11.9. The van der Waals surface area contributed by atoms with Crippen LogP contribution < -0.4 is 10.6 Å². The van der Waals surface area contributed by atoms with Crippen molar-refractivity contribution >= 4 is 6.03 Å². The van der Waals surface area contributed by atoms with Gasteiger partial charge in [-0.3, -0.25) is 4.90 Å². The van der Waals surface area contributed by atoms with E-state index in [2.05, 4.69) is 49.3 Å². The minimum atomic E-state index is -0.217. The van der Waals surface area contributed by atoms with Gasteiger partial charge in [0.1, 0.15) is 18.2 Å². The van der Waals surface area contributed by atoms with Crippen molar-refractivity contribution < 1.29 is 14.3 Å². The molecule has 2 amide bonds. The number of rotatable bonds is 6. The Balaban J connectivity index is 1.31. The third-order valence-electron chi connectivity index (χ3n) is 6.28. The molecule has 10 heteroatoms. The van der Waals surface area contributed by atoms with Gasteiger partial charge in [-0.25, -0.2) is 9.48 Å². The molecule has 1 aromatic heterocycles. The van der Waals surface area contributed by atoms with Gasteiger partial charge < -0.3 is 20.1 Å². The third kappa shape index (κ3) is 4.15. The summed E-state index contributed by atoms with van der Waals surface area (Å²) in [5.74, 6) is 0.709. The molecule has 3 aliphatic rings. The Labute approximate surface area is 181 Å². The summed E-state index contributed by atoms with van der Waals surface area (Å²) in [5, 5.41) is 18.2. The molecular weight excluding hydrogens is 398 g/mol. The van der Waals surface area contributed by atoms with Gasteiger partial charge in [-0.05, 0) is 54.9 Å². The Morgan fingerprint density at radius 1 is 1.19 bits per heavy atom. The Morgan fingerprint density at radius 2 is 2.03 bits per heavy atom. The summed E-state index contributed by atoms with van der Waals surface area (Å²) in [5.41, 5.74) is 2.25. The number of nitrogens with zero attached hydrogens (tertiary/aromatic N) is 5. The van der Waals surface area contributed by atoms with Gasteiger partial charge in [-0.15, -0.1) is 5.10 Å². The molecule has 0 saturated carbocycles. The highest BCUT2D eigenvalue weighted by Gasteiger charge is 2.50. The summed E-state index contributed by atoms with van der Waals surface area (Å²) in [6, 6.07) is 7.89. The predicted octanol–water partition coefficient (Wildman–Crippen LogP) is 0.962. The van der Waals surface area contributed by atoms with E-state index in [9.17, 15) is 4.79 Å². The molecule has 2 N–H and O–H groups in total. The lowest BCUT2D eigenvalue weighted by Gasteiger charge is -2.18. The van der Waals surface area contributed by atoms with Crippen LogP contribution in [0, 0.1) is 0 Å². The zero-order valence-corrected chi connectivity index (χ0v) is 17.7. The first-order chi connectivity index (χ1) is 15.2. The topological polar surface area (TPSA) is 106 Å². The maximum absolute atomic E-state index is 11.9. The van der Waals surface area contributed by atoms with Gasteiger partial charge in [-0.1, -0.05) is 18.2 Å². The molecule has 0 spiro atoms. The molecule has 166 valence electrons. The number of fused-ring (bicyclic) bond motifs is 1. The molecule has 0 bridgehead atoms. The van der Waals surface area contributed by atoms with E-state index >= 15 is 0 Å². The first-order valence-corrected chi connectivity index (χ1v) is 11.1. The van der Waals surface area contributed by atoms with Gasteiger partial charge in [0.25, 0.3) is 0 Å². The highest BCUT2D eigenvalue weighted by atomic mass is 16.6. The number of hydrogen-bond acceptors (Lipinski definition) is 7. The monoisotopic (exact) mass is 427 g/mol. The van der Waals surface area contributed by atoms with Crippen LogP contribution in [0.3, 0.4) is 0 Å². The summed E-state index contributed by atoms with van der Waals surface area (Å²) in [6.45, 7) is 6.57. The molecule has 4 heterocycles. The van der Waals surface area contributed by atoms with Crippen LogP contribution in [0.25, 0.3) is 11.4 Å². The van der Waals surface area contributed by atoms with Crippen LogP contribution in [0.1, 0.15) is 31.4 Å². The standard InChI is InChI=1S/C21H29N7O3/c1-2-22-21(29)23-16-12-30-19-17(13-31-18(16)19)28-20(24-25-26-28)15-7-5-6-14(10-15)11-27-8-3-4-9-27/h5-7,10,16-19H,2-4,8-9,11-13H2,1H3,(H2,22,23,29). The number of ether oxygens (including phenoxy) is 2. The van der Waals surface area contributed by atoms with Crippen LogP contribution in [-0.4, -0.2) is 82.2 Å². The number of carbonyl (C=O) groups is 1. The molecule has 3 fully saturated rings. The summed E-state index contributed by atoms with van der Waals surface area (Å²) in [6.07, 6.45) is 2.13. The Hall–Kier alpha value is -2.56. The number of nitrogens with one attached hydrogen (secondary N) is 2. The Bertz CT molecular complexity index is 914. The van der Waals surface area contributed by atoms with E-state index in [0.717, 1.165) is 25.2 Å². The van der Waals surface area contributed by atoms with Crippen LogP contribution in [-0.2, 0) is 16.0 Å². The van der Waals surface area contributed by atoms with Gasteiger partial charge in [0, 0.05) is 18.7 Å². The molecule has 4 unspecified atom stereocenters. The fraction of sp³-hybridized carbons (Fsp3) is 0.619. The maximum Gasteiger partial charge on any atom is 0.315 e. The average Bonchev–Trinajstić information content (AvgIpc) is 3.55. The third-order valence-corrected chi connectivity index (χ3v) is 6.28. The zero-order valence-electron chi connectivity index (χ0n) is 17.7. The molecule has 1 aromatic carbocycles. The summed E-state index contributed by atoms with van der Waals surface area (Å²) < 4.78 is 13.8. The van der Waals surface area contributed by atoms with Crippen molar-refractivity contribution in [1.82, 2.24) is 35.7 Å². The van der Waals surface area contributed by atoms with Crippen molar-refractivity contribution in [1.29, 1.82) is 0 Å². The second kappa shape index (κ2) is 8.89. The van der Waals surface area contributed by atoms with Crippen LogP contribution in [0.4, 0.5) is 4.79 Å². The van der Waals surface area contributed by atoms with E-state index in [4.69, 9.17) is 9.47 Å². The number of tetrazole rings is 1. The Morgan fingerprint density at radius 3 is 2.87 bits per heavy atom. The number of amides is 2. The van der Waals surface area contributed by atoms with Gasteiger partial charge in [0.05, 0.1) is 19.3 Å². The van der Waals surface area contributed by atoms with E-state index < -0.39 is 0 Å². The van der Waals surface area contributed by atoms with Gasteiger partial charge >= 0.3 is 6.03 Å². The second-order valence-corrected chi connectivity index (χ2v) is 8.40. The van der Waals surface area contributed by atoms with Gasteiger partial charge in [-0.2, -0.15) is 0 Å². The number of likely N-dealkylation sites (tertiary alicyclic amines) is 1. The number of hydrogen-bond donors (Lipinski definition) is 2. The van der Waals surface area contributed by atoms with Gasteiger partial charge in [0.2, 0.25) is 0 Å². The van der Waals surface area contributed by atoms with Crippen molar-refractivity contribution in [2.24, 2.45) is 0 Å². The number of aromatic nitrogens is 4. The fourth-order valence-electron chi connectivity index (χ4n) is 4.81. The molecule has 10 nitrogen and oxygen atoms in total. The molecular formula is C21H29N7O3. The molecule has 0 radical (unpaired) electrons. The summed E-state index contributed by atoms with van der Waals surface area (Å²) in [4.78, 5) is 14.4. The van der Waals surface area contributed by atoms with Crippen LogP contribution in [0.2, 0.25) is 0 Å². The first kappa shape index (κ1) is 20.3. The SMILES string of the molecule is CCNC(=O)NC1COC2C1OCC2n1nnnc1-c1cccc(CN2CCCC2)c1. The van der Waals surface area contributed by atoms with E-state index in [0.29, 0.717) is 25.6 Å². The Kier molecular flexibility index (Phi) is 5.84. The van der Waals surface area contributed by atoms with E-state index in [-0.39, 0.29) is 30.3 Å². The lowest BCUT2D eigenvalue weighted by Crippen LogP contribution is -2.48. The predicted molar refractivity (Wildman–Crippen MR) is 112 cm³/mol. The quantitative estimate of drug-likeness (QED) is 0.707. The van der Waals surface area contributed by atoms with Crippen LogP contribution in [0.5, 0.6) is 0 Å². The van der Waals surface area contributed by atoms with Crippen LogP contribution in [0.15, 0.2) is 24.3 Å². The van der Waals surface area contributed by atoms with Gasteiger partial charge in [0.15, 0.2) is 5.82 Å². The molecule has 5 rings (SSSR count). The molecule has 3 saturated heterocycles. The molecule has 3 aliphatic heterocycles. The van der Waals surface area contributed by atoms with E-state index in [1.54, 1.807) is 0 Å². The minimum Gasteiger partial charge on any atom is -0.371 e.